The number of aryl methyl sites for hydroxylation is 1. The Balaban J connectivity index is 2.23. The Bertz CT molecular complexity index is 526. The van der Waals surface area contributed by atoms with E-state index in [0.29, 0.717) is 18.4 Å². The predicted molar refractivity (Wildman–Crippen MR) is 75.0 cm³/mol. The molecule has 3 N–H and O–H groups in total. The standard InChI is InChI=1S/C12H18N4OS/c1-3-4-5-6-17-10-9-7-8(2)18-11(9)15-12(14-10)16-13/h7H,3-6,13H2,1-2H3,(H,14,15,16). The van der Waals surface area contributed by atoms with Gasteiger partial charge in [0.15, 0.2) is 0 Å². The van der Waals surface area contributed by atoms with Crippen molar-refractivity contribution >= 4 is 27.5 Å². The van der Waals surface area contributed by atoms with Crippen LogP contribution in [-0.4, -0.2) is 16.6 Å². The summed E-state index contributed by atoms with van der Waals surface area (Å²) in [5.41, 5.74) is 2.47. The molecule has 0 unspecified atom stereocenters. The molecule has 98 valence electrons. The van der Waals surface area contributed by atoms with Crippen molar-refractivity contribution in [2.75, 3.05) is 12.0 Å². The number of nitrogen functional groups attached to an aromatic ring is 1. The third kappa shape index (κ3) is 2.88. The number of anilines is 1. The Hall–Kier alpha value is -1.40. The third-order valence-corrected chi connectivity index (χ3v) is 3.54. The van der Waals surface area contributed by atoms with Gasteiger partial charge in [-0.1, -0.05) is 19.8 Å². The quantitative estimate of drug-likeness (QED) is 0.478. The molecule has 5 nitrogen and oxygen atoms in total. The SMILES string of the molecule is CCCCCOc1nc(NN)nc2sc(C)cc12. The summed E-state index contributed by atoms with van der Waals surface area (Å²) in [6, 6.07) is 2.05. The van der Waals surface area contributed by atoms with Crippen molar-refractivity contribution in [2.24, 2.45) is 5.84 Å². The molecule has 0 aromatic carbocycles. The van der Waals surface area contributed by atoms with E-state index in [1.807, 2.05) is 6.92 Å². The summed E-state index contributed by atoms with van der Waals surface area (Å²) < 4.78 is 5.74. The van der Waals surface area contributed by atoms with Gasteiger partial charge in [0, 0.05) is 4.88 Å². The van der Waals surface area contributed by atoms with Gasteiger partial charge in [0.25, 0.3) is 0 Å². The molecule has 18 heavy (non-hydrogen) atoms. The van der Waals surface area contributed by atoms with Crippen LogP contribution >= 0.6 is 11.3 Å². The van der Waals surface area contributed by atoms with Crippen LogP contribution in [0.25, 0.3) is 10.2 Å². The number of nitrogens with zero attached hydrogens (tertiary/aromatic N) is 2. The monoisotopic (exact) mass is 266 g/mol. The number of aromatic nitrogens is 2. The molecule has 0 aliphatic rings. The fourth-order valence-corrected chi connectivity index (χ4v) is 2.58. The van der Waals surface area contributed by atoms with Gasteiger partial charge in [-0.15, -0.1) is 11.3 Å². The lowest BCUT2D eigenvalue weighted by Gasteiger charge is -2.07. The molecule has 0 spiro atoms. The normalized spacial score (nSPS) is 10.8. The highest BCUT2D eigenvalue weighted by molar-refractivity contribution is 7.18. The van der Waals surface area contributed by atoms with Crippen LogP contribution < -0.4 is 16.0 Å². The van der Waals surface area contributed by atoms with Gasteiger partial charge in [-0.05, 0) is 19.4 Å². The van der Waals surface area contributed by atoms with Crippen LogP contribution in [0.15, 0.2) is 6.07 Å². The van der Waals surface area contributed by atoms with E-state index in [1.165, 1.54) is 17.7 Å². The molecule has 0 saturated carbocycles. The number of nitrogens with two attached hydrogens (primary N) is 1. The van der Waals surface area contributed by atoms with Crippen molar-refractivity contribution in [1.29, 1.82) is 0 Å². The molecule has 2 aromatic heterocycles. The first kappa shape index (κ1) is 13.0. The number of rotatable bonds is 6. The maximum Gasteiger partial charge on any atom is 0.241 e. The summed E-state index contributed by atoms with van der Waals surface area (Å²) in [5, 5.41) is 0.966. The smallest absolute Gasteiger partial charge is 0.241 e. The first-order valence-electron chi connectivity index (χ1n) is 6.12. The van der Waals surface area contributed by atoms with Crippen molar-refractivity contribution in [1.82, 2.24) is 9.97 Å². The number of hydrazine groups is 1. The average Bonchev–Trinajstić information content (AvgIpc) is 2.74. The van der Waals surface area contributed by atoms with Crippen molar-refractivity contribution < 1.29 is 4.74 Å². The van der Waals surface area contributed by atoms with Gasteiger partial charge in [-0.2, -0.15) is 4.98 Å². The van der Waals surface area contributed by atoms with E-state index in [9.17, 15) is 0 Å². The summed E-state index contributed by atoms with van der Waals surface area (Å²) in [4.78, 5) is 10.7. The second-order valence-electron chi connectivity index (χ2n) is 4.13. The Labute approximate surface area is 110 Å². The highest BCUT2D eigenvalue weighted by Crippen LogP contribution is 2.30. The van der Waals surface area contributed by atoms with E-state index in [2.05, 4.69) is 28.4 Å². The summed E-state index contributed by atoms with van der Waals surface area (Å²) in [6.07, 6.45) is 3.38. The van der Waals surface area contributed by atoms with Crippen molar-refractivity contribution in [3.8, 4) is 5.88 Å². The Morgan fingerprint density at radius 1 is 1.39 bits per heavy atom. The van der Waals surface area contributed by atoms with E-state index >= 15 is 0 Å². The highest BCUT2D eigenvalue weighted by atomic mass is 32.1. The second-order valence-corrected chi connectivity index (χ2v) is 5.36. The maximum absolute atomic E-state index is 5.74. The molecule has 0 aliphatic carbocycles. The molecule has 2 rings (SSSR count). The molecule has 0 amide bonds. The maximum atomic E-state index is 5.74. The van der Waals surface area contributed by atoms with Gasteiger partial charge in [0.1, 0.15) is 4.83 Å². The van der Waals surface area contributed by atoms with E-state index in [0.717, 1.165) is 16.6 Å². The minimum absolute atomic E-state index is 0.398. The van der Waals surface area contributed by atoms with Gasteiger partial charge in [0.2, 0.25) is 11.8 Å². The van der Waals surface area contributed by atoms with Gasteiger partial charge < -0.3 is 4.74 Å². The number of fused-ring (bicyclic) bond motifs is 1. The number of unbranched alkanes of at least 4 members (excludes halogenated alkanes) is 2. The van der Waals surface area contributed by atoms with Crippen LogP contribution in [0.4, 0.5) is 5.95 Å². The minimum Gasteiger partial charge on any atom is -0.477 e. The number of hydrogen-bond acceptors (Lipinski definition) is 6. The van der Waals surface area contributed by atoms with Gasteiger partial charge in [-0.3, -0.25) is 5.43 Å². The molecule has 6 heteroatoms. The van der Waals surface area contributed by atoms with E-state index < -0.39 is 0 Å². The molecule has 2 heterocycles. The van der Waals surface area contributed by atoms with E-state index in [4.69, 9.17) is 10.6 Å². The largest absolute Gasteiger partial charge is 0.477 e. The molecule has 0 saturated heterocycles. The summed E-state index contributed by atoms with van der Waals surface area (Å²) in [6.45, 7) is 4.89. The van der Waals surface area contributed by atoms with Crippen molar-refractivity contribution in [2.45, 2.75) is 33.1 Å². The average molecular weight is 266 g/mol. The molecular formula is C12H18N4OS. The van der Waals surface area contributed by atoms with Crippen molar-refractivity contribution in [3.63, 3.8) is 0 Å². The van der Waals surface area contributed by atoms with Gasteiger partial charge in [0.05, 0.1) is 12.0 Å². The summed E-state index contributed by atoms with van der Waals surface area (Å²) in [5.74, 6) is 6.38. The van der Waals surface area contributed by atoms with E-state index in [1.54, 1.807) is 11.3 Å². The molecule has 0 aliphatic heterocycles. The molecule has 2 aromatic rings. The first-order valence-corrected chi connectivity index (χ1v) is 6.94. The zero-order chi connectivity index (χ0) is 13.0. The fourth-order valence-electron chi connectivity index (χ4n) is 1.71. The molecule has 0 atom stereocenters. The second kappa shape index (κ2) is 5.97. The molecule has 0 fully saturated rings. The lowest BCUT2D eigenvalue weighted by Crippen LogP contribution is -2.11. The lowest BCUT2D eigenvalue weighted by molar-refractivity contribution is 0.299. The summed E-state index contributed by atoms with van der Waals surface area (Å²) >= 11 is 1.61. The first-order chi connectivity index (χ1) is 8.74. The lowest BCUT2D eigenvalue weighted by atomic mass is 10.3. The van der Waals surface area contributed by atoms with Gasteiger partial charge in [-0.25, -0.2) is 10.8 Å². The summed E-state index contributed by atoms with van der Waals surface area (Å²) in [7, 11) is 0. The van der Waals surface area contributed by atoms with Gasteiger partial charge >= 0.3 is 0 Å². The number of ether oxygens (including phenoxy) is 1. The van der Waals surface area contributed by atoms with Crippen molar-refractivity contribution in [3.05, 3.63) is 10.9 Å². The minimum atomic E-state index is 0.398. The zero-order valence-corrected chi connectivity index (χ0v) is 11.5. The Morgan fingerprint density at radius 2 is 2.22 bits per heavy atom. The Kier molecular flexibility index (Phi) is 4.33. The number of nitrogens with one attached hydrogen (secondary N) is 1. The number of hydrogen-bond donors (Lipinski definition) is 2. The van der Waals surface area contributed by atoms with E-state index in [-0.39, 0.29) is 0 Å². The topological polar surface area (TPSA) is 73.1 Å². The number of thiophene rings is 1. The van der Waals surface area contributed by atoms with Crippen LogP contribution in [0, 0.1) is 6.92 Å². The Morgan fingerprint density at radius 3 is 2.94 bits per heavy atom. The molecule has 0 radical (unpaired) electrons. The fraction of sp³-hybridized carbons (Fsp3) is 0.500. The molecule has 0 bridgehead atoms. The van der Waals surface area contributed by atoms with Crippen LogP contribution in [-0.2, 0) is 0 Å². The van der Waals surface area contributed by atoms with Crippen LogP contribution in [0.3, 0.4) is 0 Å². The highest BCUT2D eigenvalue weighted by Gasteiger charge is 2.11. The van der Waals surface area contributed by atoms with Crippen LogP contribution in [0.5, 0.6) is 5.88 Å². The third-order valence-electron chi connectivity index (χ3n) is 2.60. The predicted octanol–water partition coefficient (Wildman–Crippen LogP) is 2.85. The molecular weight excluding hydrogens is 248 g/mol. The zero-order valence-electron chi connectivity index (χ0n) is 10.7. The van der Waals surface area contributed by atoms with Crippen LogP contribution in [0.1, 0.15) is 31.1 Å². The van der Waals surface area contributed by atoms with Crippen LogP contribution in [0.2, 0.25) is 0 Å².